The molecule has 3 N–H and O–H groups in total. The Morgan fingerprint density at radius 2 is 2.29 bits per heavy atom. The topological polar surface area (TPSA) is 38.0 Å². The lowest BCUT2D eigenvalue weighted by Crippen LogP contribution is -2.43. The molecule has 0 radical (unpaired) electrons. The van der Waals surface area contributed by atoms with E-state index in [2.05, 4.69) is 52.5 Å². The molecule has 0 spiro atoms. The van der Waals surface area contributed by atoms with E-state index >= 15 is 0 Å². The summed E-state index contributed by atoms with van der Waals surface area (Å²) in [5, 5.41) is 3.53. The van der Waals surface area contributed by atoms with Gasteiger partial charge in [-0.15, -0.1) is 11.8 Å². The van der Waals surface area contributed by atoms with Gasteiger partial charge < -0.3 is 11.1 Å². The Morgan fingerprint density at radius 3 is 3.12 bits per heavy atom. The largest absolute Gasteiger partial charge is 0.397 e. The van der Waals surface area contributed by atoms with Crippen molar-refractivity contribution < 1.29 is 0 Å². The van der Waals surface area contributed by atoms with Gasteiger partial charge in [0.15, 0.2) is 0 Å². The minimum absolute atomic E-state index is 0.0361. The number of nitrogens with one attached hydrogen (secondary N) is 1. The number of thioether (sulfide) groups is 1. The van der Waals surface area contributed by atoms with Crippen LogP contribution in [0.1, 0.15) is 6.92 Å². The van der Waals surface area contributed by atoms with Gasteiger partial charge in [0.25, 0.3) is 0 Å². The van der Waals surface area contributed by atoms with E-state index in [0.29, 0.717) is 0 Å². The van der Waals surface area contributed by atoms with Crippen molar-refractivity contribution in [1.82, 2.24) is 0 Å². The highest BCUT2D eigenvalue weighted by atomic mass is 79.9. The molecule has 1 heterocycles. The van der Waals surface area contributed by atoms with Crippen molar-refractivity contribution in [2.75, 3.05) is 11.1 Å². The van der Waals surface area contributed by atoms with E-state index in [4.69, 9.17) is 5.73 Å². The third-order valence-corrected chi connectivity index (χ3v) is 5.04. The third-order valence-electron chi connectivity index (χ3n) is 3.18. The van der Waals surface area contributed by atoms with Gasteiger partial charge in [0.05, 0.1) is 22.2 Å². The molecule has 1 aliphatic heterocycles. The molecule has 88 valence electrons. The van der Waals surface area contributed by atoms with Crippen molar-refractivity contribution in [3.8, 4) is 0 Å². The van der Waals surface area contributed by atoms with Gasteiger partial charge in [-0.05, 0) is 19.1 Å². The summed E-state index contributed by atoms with van der Waals surface area (Å²) in [6, 6.07) is 6.34. The second kappa shape index (κ2) is 3.82. The lowest BCUT2D eigenvalue weighted by molar-refractivity contribution is 0.700. The molecule has 2 unspecified atom stereocenters. The lowest BCUT2D eigenvalue weighted by Gasteiger charge is -2.41. The molecule has 0 bridgehead atoms. The molecular weight excluding hydrogens is 296 g/mol. The van der Waals surface area contributed by atoms with Crippen LogP contribution in [0.3, 0.4) is 0 Å². The van der Waals surface area contributed by atoms with E-state index in [0.717, 1.165) is 15.9 Å². The fraction of sp³-hybridized carbons (Fsp3) is 0.231. The molecule has 1 aromatic carbocycles. The zero-order valence-corrected chi connectivity index (χ0v) is 11.8. The number of hydrogen-bond acceptors (Lipinski definition) is 3. The fourth-order valence-electron chi connectivity index (χ4n) is 2.26. The van der Waals surface area contributed by atoms with E-state index < -0.39 is 0 Å². The Hall–Kier alpha value is -0.870. The van der Waals surface area contributed by atoms with Crippen molar-refractivity contribution in [2.45, 2.75) is 22.6 Å². The van der Waals surface area contributed by atoms with Gasteiger partial charge >= 0.3 is 0 Å². The molecule has 0 saturated carbocycles. The van der Waals surface area contributed by atoms with E-state index in [1.807, 2.05) is 23.9 Å². The van der Waals surface area contributed by atoms with Gasteiger partial charge in [-0.25, -0.2) is 0 Å². The summed E-state index contributed by atoms with van der Waals surface area (Å²) in [7, 11) is 0. The van der Waals surface area contributed by atoms with Gasteiger partial charge in [0.2, 0.25) is 0 Å². The number of para-hydroxylation sites is 1. The monoisotopic (exact) mass is 308 g/mol. The first-order valence-corrected chi connectivity index (χ1v) is 7.10. The number of rotatable bonds is 0. The van der Waals surface area contributed by atoms with Gasteiger partial charge in [-0.1, -0.05) is 40.2 Å². The normalized spacial score (nSPS) is 30.0. The van der Waals surface area contributed by atoms with Crippen LogP contribution in [0.2, 0.25) is 0 Å². The molecule has 2 aliphatic rings. The summed E-state index contributed by atoms with van der Waals surface area (Å²) < 4.78 is 1.17. The molecule has 0 fully saturated rings. The Kier molecular flexibility index (Phi) is 2.52. The van der Waals surface area contributed by atoms with Crippen LogP contribution >= 0.6 is 27.7 Å². The first-order valence-electron chi connectivity index (χ1n) is 5.49. The van der Waals surface area contributed by atoms with Gasteiger partial charge in [0, 0.05) is 9.38 Å². The van der Waals surface area contributed by atoms with Gasteiger partial charge in [-0.2, -0.15) is 0 Å². The SMILES string of the molecule is CC12C=C(Br)C=CC1Nc1c(N)cccc1S2. The molecular formula is C13H13BrN2S. The molecule has 0 amide bonds. The van der Waals surface area contributed by atoms with Crippen molar-refractivity contribution >= 4 is 39.1 Å². The first-order chi connectivity index (χ1) is 8.08. The van der Waals surface area contributed by atoms with Gasteiger partial charge in [-0.3, -0.25) is 0 Å². The highest BCUT2D eigenvalue weighted by Gasteiger charge is 2.38. The summed E-state index contributed by atoms with van der Waals surface area (Å²) in [6.45, 7) is 2.24. The summed E-state index contributed by atoms with van der Waals surface area (Å²) in [4.78, 5) is 1.22. The zero-order chi connectivity index (χ0) is 12.0. The van der Waals surface area contributed by atoms with Crippen LogP contribution in [0.15, 0.2) is 45.8 Å². The number of nitrogens with two attached hydrogens (primary N) is 1. The average Bonchev–Trinajstić information content (AvgIpc) is 2.26. The molecule has 2 atom stereocenters. The van der Waals surface area contributed by atoms with E-state index in [9.17, 15) is 0 Å². The van der Waals surface area contributed by atoms with Gasteiger partial charge in [0.1, 0.15) is 0 Å². The number of halogens is 1. The van der Waals surface area contributed by atoms with Crippen LogP contribution in [0.25, 0.3) is 0 Å². The summed E-state index contributed by atoms with van der Waals surface area (Å²) in [5.41, 5.74) is 7.89. The fourth-order valence-corrected chi connectivity index (χ4v) is 4.38. The number of allylic oxidation sites excluding steroid dienone is 2. The molecule has 0 aromatic heterocycles. The molecule has 3 rings (SSSR count). The quantitative estimate of drug-likeness (QED) is 0.717. The van der Waals surface area contributed by atoms with Crippen molar-refractivity contribution in [1.29, 1.82) is 0 Å². The lowest BCUT2D eigenvalue weighted by atomic mass is 9.95. The molecule has 2 nitrogen and oxygen atoms in total. The number of nitrogen functional groups attached to an aromatic ring is 1. The number of fused-ring (bicyclic) bond motifs is 2. The maximum absolute atomic E-state index is 6.01. The Balaban J connectivity index is 2.09. The maximum atomic E-state index is 6.01. The standard InChI is InChI=1S/C13H13BrN2S/c1-13-7-8(14)5-6-11(13)16-12-9(15)3-2-4-10(12)17-13/h2-7,11,16H,15H2,1H3. The highest BCUT2D eigenvalue weighted by molar-refractivity contribution is 9.11. The Labute approximate surface area is 113 Å². The van der Waals surface area contributed by atoms with E-state index in [1.165, 1.54) is 4.90 Å². The number of hydrogen-bond donors (Lipinski definition) is 2. The maximum Gasteiger partial charge on any atom is 0.0717 e. The summed E-state index contributed by atoms with van der Waals surface area (Å²) >= 11 is 5.41. The molecule has 0 saturated heterocycles. The van der Waals surface area contributed by atoms with Crippen LogP contribution in [0.5, 0.6) is 0 Å². The van der Waals surface area contributed by atoms with Crippen molar-refractivity contribution in [3.05, 3.63) is 40.9 Å². The summed E-state index contributed by atoms with van der Waals surface area (Å²) in [6.07, 6.45) is 6.53. The molecule has 1 aromatic rings. The molecule has 17 heavy (non-hydrogen) atoms. The average molecular weight is 309 g/mol. The second-order valence-corrected chi connectivity index (χ2v) is 6.96. The van der Waals surface area contributed by atoms with Crippen LogP contribution in [-0.4, -0.2) is 10.8 Å². The third kappa shape index (κ3) is 1.79. The minimum Gasteiger partial charge on any atom is -0.397 e. The van der Waals surface area contributed by atoms with E-state index in [-0.39, 0.29) is 10.8 Å². The second-order valence-electron chi connectivity index (χ2n) is 4.52. The first kappa shape index (κ1) is 11.2. The molecule has 1 aliphatic carbocycles. The highest BCUT2D eigenvalue weighted by Crippen LogP contribution is 2.49. The van der Waals surface area contributed by atoms with E-state index in [1.54, 1.807) is 0 Å². The predicted octanol–water partition coefficient (Wildman–Crippen LogP) is 3.76. The zero-order valence-electron chi connectivity index (χ0n) is 9.41. The van der Waals surface area contributed by atoms with Crippen LogP contribution in [0, 0.1) is 0 Å². The van der Waals surface area contributed by atoms with Crippen molar-refractivity contribution in [3.63, 3.8) is 0 Å². The molecule has 4 heteroatoms. The van der Waals surface area contributed by atoms with Crippen LogP contribution in [-0.2, 0) is 0 Å². The number of anilines is 2. The Bertz CT molecular complexity index is 538. The Morgan fingerprint density at radius 1 is 1.47 bits per heavy atom. The van der Waals surface area contributed by atoms with Crippen molar-refractivity contribution in [2.24, 2.45) is 0 Å². The smallest absolute Gasteiger partial charge is 0.0717 e. The summed E-state index contributed by atoms with van der Waals surface area (Å²) in [5.74, 6) is 0. The number of benzene rings is 1. The predicted molar refractivity (Wildman–Crippen MR) is 78.7 cm³/mol. The minimum atomic E-state index is 0.0361. The van der Waals surface area contributed by atoms with Crippen LogP contribution in [0.4, 0.5) is 11.4 Å². The van der Waals surface area contributed by atoms with Crippen LogP contribution < -0.4 is 11.1 Å².